The molecule has 0 radical (unpaired) electrons. The Bertz CT molecular complexity index is 822. The number of halogens is 1. The molecule has 0 fully saturated rings. The van der Waals surface area contributed by atoms with E-state index in [1.807, 2.05) is 6.07 Å². The summed E-state index contributed by atoms with van der Waals surface area (Å²) in [7, 11) is -0.894. The van der Waals surface area contributed by atoms with Gasteiger partial charge in [-0.05, 0) is 52.3 Å². The highest BCUT2D eigenvalue weighted by molar-refractivity contribution is 9.10. The van der Waals surface area contributed by atoms with Crippen molar-refractivity contribution >= 4 is 37.5 Å². The number of hydrogen-bond acceptors (Lipinski definition) is 4. The average molecular weight is 413 g/mol. The zero-order valence-corrected chi connectivity index (χ0v) is 15.6. The van der Waals surface area contributed by atoms with E-state index in [4.69, 9.17) is 4.74 Å². The maximum atomic E-state index is 12.5. The van der Waals surface area contributed by atoms with Gasteiger partial charge in [-0.3, -0.25) is 4.79 Å². The van der Waals surface area contributed by atoms with Crippen LogP contribution in [0.4, 0.5) is 5.69 Å². The first-order chi connectivity index (χ1) is 11.3. The van der Waals surface area contributed by atoms with Gasteiger partial charge in [0.15, 0.2) is 0 Å². The van der Waals surface area contributed by atoms with Crippen LogP contribution in [0.15, 0.2) is 57.9 Å². The van der Waals surface area contributed by atoms with E-state index < -0.39 is 15.9 Å². The highest BCUT2D eigenvalue weighted by Gasteiger charge is 2.23. The van der Waals surface area contributed by atoms with Crippen molar-refractivity contribution in [1.82, 2.24) is 4.31 Å². The van der Waals surface area contributed by atoms with Crippen molar-refractivity contribution < 1.29 is 17.9 Å². The minimum atomic E-state index is -3.76. The van der Waals surface area contributed by atoms with E-state index >= 15 is 0 Å². The summed E-state index contributed by atoms with van der Waals surface area (Å²) in [6.07, 6.45) is 0. The summed E-state index contributed by atoms with van der Waals surface area (Å²) in [4.78, 5) is 12.2. The lowest BCUT2D eigenvalue weighted by Gasteiger charge is -2.17. The quantitative estimate of drug-likeness (QED) is 0.790. The molecular weight excluding hydrogens is 396 g/mol. The van der Waals surface area contributed by atoms with E-state index in [2.05, 4.69) is 21.2 Å². The largest absolute Gasteiger partial charge is 0.497 e. The maximum absolute atomic E-state index is 12.5. The molecule has 0 spiro atoms. The lowest BCUT2D eigenvalue weighted by molar-refractivity contribution is -0.116. The molecule has 0 atom stereocenters. The summed E-state index contributed by atoms with van der Waals surface area (Å²) in [6, 6.07) is 13.1. The van der Waals surface area contributed by atoms with Gasteiger partial charge in [-0.1, -0.05) is 12.1 Å². The molecule has 2 aromatic carbocycles. The minimum absolute atomic E-state index is 0.0968. The van der Waals surface area contributed by atoms with Crippen LogP contribution in [-0.4, -0.2) is 39.3 Å². The van der Waals surface area contributed by atoms with Gasteiger partial charge in [0.2, 0.25) is 15.9 Å². The molecule has 0 aliphatic rings. The number of hydrogen-bond donors (Lipinski definition) is 1. The number of ether oxygens (including phenoxy) is 1. The third-order valence-electron chi connectivity index (χ3n) is 3.28. The van der Waals surface area contributed by atoms with Crippen LogP contribution < -0.4 is 10.1 Å². The molecule has 1 N–H and O–H groups in total. The summed E-state index contributed by atoms with van der Waals surface area (Å²) in [5.74, 6) is 0.129. The van der Waals surface area contributed by atoms with Gasteiger partial charge in [-0.25, -0.2) is 8.42 Å². The molecule has 2 rings (SSSR count). The van der Waals surface area contributed by atoms with Crippen LogP contribution in [0.1, 0.15) is 0 Å². The zero-order chi connectivity index (χ0) is 17.7. The van der Waals surface area contributed by atoms with Gasteiger partial charge < -0.3 is 10.1 Å². The van der Waals surface area contributed by atoms with Crippen molar-refractivity contribution in [3.05, 3.63) is 53.0 Å². The Morgan fingerprint density at radius 1 is 1.17 bits per heavy atom. The zero-order valence-electron chi connectivity index (χ0n) is 13.2. The molecule has 0 aromatic heterocycles. The van der Waals surface area contributed by atoms with E-state index in [0.29, 0.717) is 11.4 Å². The fourth-order valence-electron chi connectivity index (χ4n) is 1.97. The van der Waals surface area contributed by atoms with Crippen LogP contribution in [0, 0.1) is 0 Å². The number of anilines is 1. The van der Waals surface area contributed by atoms with Gasteiger partial charge >= 0.3 is 0 Å². The first-order valence-electron chi connectivity index (χ1n) is 6.99. The number of nitrogens with zero attached hydrogens (tertiary/aromatic N) is 1. The number of sulfonamides is 1. The average Bonchev–Trinajstić information content (AvgIpc) is 2.57. The van der Waals surface area contributed by atoms with Gasteiger partial charge in [-0.2, -0.15) is 4.31 Å². The molecule has 0 aliphatic heterocycles. The third-order valence-corrected chi connectivity index (χ3v) is 5.79. The Hall–Kier alpha value is -1.90. The molecule has 0 aliphatic carbocycles. The Morgan fingerprint density at radius 3 is 2.38 bits per heavy atom. The summed E-state index contributed by atoms with van der Waals surface area (Å²) in [5.41, 5.74) is 0.581. The van der Waals surface area contributed by atoms with E-state index in [0.717, 1.165) is 8.78 Å². The Balaban J connectivity index is 2.08. The summed E-state index contributed by atoms with van der Waals surface area (Å²) in [6.45, 7) is -0.296. The topological polar surface area (TPSA) is 75.7 Å². The van der Waals surface area contributed by atoms with Crippen LogP contribution in [0.5, 0.6) is 5.75 Å². The van der Waals surface area contributed by atoms with Crippen LogP contribution in [0.2, 0.25) is 0 Å². The van der Waals surface area contributed by atoms with Crippen LogP contribution in [-0.2, 0) is 14.8 Å². The fraction of sp³-hybridized carbons (Fsp3) is 0.188. The lowest BCUT2D eigenvalue weighted by atomic mass is 10.3. The molecule has 0 unspecified atom stereocenters. The molecule has 1 amide bonds. The normalized spacial score (nSPS) is 11.3. The summed E-state index contributed by atoms with van der Waals surface area (Å²) >= 11 is 3.32. The smallest absolute Gasteiger partial charge is 0.243 e. The van der Waals surface area contributed by atoms with Gasteiger partial charge in [0.25, 0.3) is 0 Å². The summed E-state index contributed by atoms with van der Waals surface area (Å²) < 4.78 is 31.7. The molecule has 0 saturated heterocycles. The second kappa shape index (κ2) is 7.78. The first kappa shape index (κ1) is 18.4. The number of carbonyl (C=O) groups is 1. The molecule has 24 heavy (non-hydrogen) atoms. The lowest BCUT2D eigenvalue weighted by Crippen LogP contribution is -2.35. The minimum Gasteiger partial charge on any atom is -0.497 e. The van der Waals surface area contributed by atoms with E-state index in [1.165, 1.54) is 26.3 Å². The van der Waals surface area contributed by atoms with E-state index in [9.17, 15) is 13.2 Å². The molecule has 0 bridgehead atoms. The molecular formula is C16H17BrN2O4S. The van der Waals surface area contributed by atoms with Crippen molar-refractivity contribution in [2.45, 2.75) is 4.90 Å². The highest BCUT2D eigenvalue weighted by Crippen LogP contribution is 2.22. The van der Waals surface area contributed by atoms with Crippen molar-refractivity contribution in [2.24, 2.45) is 0 Å². The van der Waals surface area contributed by atoms with Crippen molar-refractivity contribution in [1.29, 1.82) is 0 Å². The van der Waals surface area contributed by atoms with E-state index in [1.54, 1.807) is 30.3 Å². The molecule has 6 nitrogen and oxygen atoms in total. The number of methoxy groups -OCH3 is 1. The summed E-state index contributed by atoms with van der Waals surface area (Å²) in [5, 5.41) is 2.67. The first-order valence-corrected chi connectivity index (χ1v) is 9.22. The predicted octanol–water partition coefficient (Wildman–Crippen LogP) is 2.72. The molecule has 2 aromatic rings. The maximum Gasteiger partial charge on any atom is 0.243 e. The predicted molar refractivity (Wildman–Crippen MR) is 95.6 cm³/mol. The van der Waals surface area contributed by atoms with Gasteiger partial charge in [0.1, 0.15) is 5.75 Å². The molecule has 8 heteroatoms. The Morgan fingerprint density at radius 2 is 1.79 bits per heavy atom. The SMILES string of the molecule is COc1ccc(S(=O)(=O)N(C)CC(=O)Nc2ccccc2Br)cc1. The molecule has 0 saturated carbocycles. The fourth-order valence-corrected chi connectivity index (χ4v) is 3.48. The van der Waals surface area contributed by atoms with E-state index in [-0.39, 0.29) is 11.4 Å². The molecule has 128 valence electrons. The second-order valence-corrected chi connectivity index (χ2v) is 7.86. The number of para-hydroxylation sites is 1. The highest BCUT2D eigenvalue weighted by atomic mass is 79.9. The monoisotopic (exact) mass is 412 g/mol. The van der Waals surface area contributed by atoms with Crippen LogP contribution in [0.25, 0.3) is 0 Å². The number of rotatable bonds is 6. The Kier molecular flexibility index (Phi) is 5.98. The second-order valence-electron chi connectivity index (χ2n) is 4.96. The van der Waals surface area contributed by atoms with Gasteiger partial charge in [0, 0.05) is 11.5 Å². The standard InChI is InChI=1S/C16H17BrN2O4S/c1-19(11-16(20)18-15-6-4-3-5-14(15)17)24(21,22)13-9-7-12(23-2)8-10-13/h3-10H,11H2,1-2H3,(H,18,20). The third kappa shape index (κ3) is 4.34. The van der Waals surface area contributed by atoms with Crippen LogP contribution >= 0.6 is 15.9 Å². The van der Waals surface area contributed by atoms with Crippen molar-refractivity contribution in [3.63, 3.8) is 0 Å². The van der Waals surface area contributed by atoms with Crippen molar-refractivity contribution in [3.8, 4) is 5.75 Å². The number of nitrogens with one attached hydrogen (secondary N) is 1. The van der Waals surface area contributed by atoms with Gasteiger partial charge in [-0.15, -0.1) is 0 Å². The Labute approximate surface area is 149 Å². The number of benzene rings is 2. The number of carbonyl (C=O) groups excluding carboxylic acids is 1. The van der Waals surface area contributed by atoms with Crippen LogP contribution in [0.3, 0.4) is 0 Å². The number of likely N-dealkylation sites (N-methyl/N-ethyl adjacent to an activating group) is 1. The molecule has 0 heterocycles. The number of amides is 1. The van der Waals surface area contributed by atoms with Crippen molar-refractivity contribution in [2.75, 3.05) is 26.0 Å². The van der Waals surface area contributed by atoms with Gasteiger partial charge in [0.05, 0.1) is 24.2 Å².